The van der Waals surface area contributed by atoms with Crippen LogP contribution < -0.4 is 0 Å². The summed E-state index contributed by atoms with van der Waals surface area (Å²) in [7, 11) is 0. The van der Waals surface area contributed by atoms with Crippen molar-refractivity contribution in [3.8, 4) is 17.2 Å². The molecule has 0 aliphatic rings. The van der Waals surface area contributed by atoms with Crippen molar-refractivity contribution >= 4 is 5.78 Å². The normalized spacial score (nSPS) is 10.3. The van der Waals surface area contributed by atoms with Crippen LogP contribution in [0.1, 0.15) is 21.5 Å². The number of hydrogen-bond donors (Lipinski definition) is 3. The fourth-order valence-electron chi connectivity index (χ4n) is 1.70. The lowest BCUT2D eigenvalue weighted by molar-refractivity contribution is 0.103. The Hall–Kier alpha value is -2.49. The SMILES string of the molecule is Cc1cc(C(=O)c2ccccc2)c(O)c(O)c1O. The van der Waals surface area contributed by atoms with Gasteiger partial charge in [-0.25, -0.2) is 0 Å². The Morgan fingerprint density at radius 2 is 1.56 bits per heavy atom. The Balaban J connectivity index is 2.56. The predicted molar refractivity (Wildman–Crippen MR) is 66.0 cm³/mol. The maximum atomic E-state index is 12.1. The summed E-state index contributed by atoms with van der Waals surface area (Å²) in [4.78, 5) is 12.1. The highest BCUT2D eigenvalue weighted by Gasteiger charge is 2.20. The maximum Gasteiger partial charge on any atom is 0.201 e. The number of hydrogen-bond acceptors (Lipinski definition) is 4. The lowest BCUT2D eigenvalue weighted by Gasteiger charge is -2.09. The van der Waals surface area contributed by atoms with Crippen LogP contribution in [-0.4, -0.2) is 21.1 Å². The molecular weight excluding hydrogens is 232 g/mol. The van der Waals surface area contributed by atoms with E-state index >= 15 is 0 Å². The summed E-state index contributed by atoms with van der Waals surface area (Å²) < 4.78 is 0. The van der Waals surface area contributed by atoms with E-state index < -0.39 is 23.0 Å². The summed E-state index contributed by atoms with van der Waals surface area (Å²) in [6.07, 6.45) is 0. The Morgan fingerprint density at radius 1 is 0.944 bits per heavy atom. The first-order valence-electron chi connectivity index (χ1n) is 5.36. The van der Waals surface area contributed by atoms with Crippen LogP contribution in [-0.2, 0) is 0 Å². The molecule has 92 valence electrons. The molecule has 18 heavy (non-hydrogen) atoms. The second-order valence-electron chi connectivity index (χ2n) is 3.98. The molecule has 0 aliphatic carbocycles. The number of aryl methyl sites for hydroxylation is 1. The Labute approximate surface area is 104 Å². The third-order valence-electron chi connectivity index (χ3n) is 2.72. The van der Waals surface area contributed by atoms with E-state index in [1.54, 1.807) is 30.3 Å². The monoisotopic (exact) mass is 244 g/mol. The highest BCUT2D eigenvalue weighted by atomic mass is 16.3. The van der Waals surface area contributed by atoms with E-state index in [0.717, 1.165) is 0 Å². The number of aromatic hydroxyl groups is 3. The molecule has 4 nitrogen and oxygen atoms in total. The first-order chi connectivity index (χ1) is 8.52. The van der Waals surface area contributed by atoms with Crippen LogP contribution in [0, 0.1) is 6.92 Å². The Bertz CT molecular complexity index is 603. The van der Waals surface area contributed by atoms with E-state index in [1.807, 2.05) is 0 Å². The zero-order valence-corrected chi connectivity index (χ0v) is 9.71. The van der Waals surface area contributed by atoms with E-state index in [1.165, 1.54) is 13.0 Å². The van der Waals surface area contributed by atoms with Crippen molar-refractivity contribution in [1.29, 1.82) is 0 Å². The van der Waals surface area contributed by atoms with E-state index in [4.69, 9.17) is 0 Å². The topological polar surface area (TPSA) is 77.8 Å². The van der Waals surface area contributed by atoms with Gasteiger partial charge in [-0.3, -0.25) is 4.79 Å². The van der Waals surface area contributed by atoms with Gasteiger partial charge in [0.15, 0.2) is 17.3 Å². The average molecular weight is 244 g/mol. The first-order valence-corrected chi connectivity index (χ1v) is 5.36. The summed E-state index contributed by atoms with van der Waals surface area (Å²) in [5, 5.41) is 28.7. The van der Waals surface area contributed by atoms with E-state index in [9.17, 15) is 20.1 Å². The number of phenols is 3. The summed E-state index contributed by atoms with van der Waals surface area (Å²) in [5.41, 5.74) is 0.691. The summed E-state index contributed by atoms with van der Waals surface area (Å²) in [6.45, 7) is 1.54. The van der Waals surface area contributed by atoms with Crippen LogP contribution in [0.3, 0.4) is 0 Å². The van der Waals surface area contributed by atoms with Crippen LogP contribution in [0.15, 0.2) is 36.4 Å². The van der Waals surface area contributed by atoms with Crippen LogP contribution >= 0.6 is 0 Å². The second-order valence-corrected chi connectivity index (χ2v) is 3.98. The van der Waals surface area contributed by atoms with E-state index in [-0.39, 0.29) is 5.56 Å². The van der Waals surface area contributed by atoms with Crippen LogP contribution in [0.25, 0.3) is 0 Å². The lowest BCUT2D eigenvalue weighted by atomic mass is 9.99. The molecule has 0 bridgehead atoms. The quantitative estimate of drug-likeness (QED) is 0.559. The zero-order valence-electron chi connectivity index (χ0n) is 9.71. The maximum absolute atomic E-state index is 12.1. The highest BCUT2D eigenvalue weighted by Crippen LogP contribution is 2.40. The van der Waals surface area contributed by atoms with E-state index in [2.05, 4.69) is 0 Å². The summed E-state index contributed by atoms with van der Waals surface area (Å²) in [5.74, 6) is -2.11. The number of ketones is 1. The lowest BCUT2D eigenvalue weighted by Crippen LogP contribution is -2.02. The molecule has 0 atom stereocenters. The zero-order chi connectivity index (χ0) is 13.3. The number of rotatable bonds is 2. The van der Waals surface area contributed by atoms with Gasteiger partial charge in [0.1, 0.15) is 0 Å². The molecule has 0 fully saturated rings. The van der Waals surface area contributed by atoms with Crippen molar-refractivity contribution < 1.29 is 20.1 Å². The van der Waals surface area contributed by atoms with Crippen molar-refractivity contribution in [2.45, 2.75) is 6.92 Å². The molecule has 0 saturated heterocycles. The number of benzene rings is 2. The van der Waals surface area contributed by atoms with Gasteiger partial charge in [0.25, 0.3) is 0 Å². The third kappa shape index (κ3) is 1.88. The van der Waals surface area contributed by atoms with Gasteiger partial charge in [0.05, 0.1) is 5.56 Å². The summed E-state index contributed by atoms with van der Waals surface area (Å²) in [6, 6.07) is 9.76. The molecule has 0 spiro atoms. The predicted octanol–water partition coefficient (Wildman–Crippen LogP) is 2.34. The molecule has 2 aromatic carbocycles. The molecule has 2 rings (SSSR count). The minimum absolute atomic E-state index is 0.0333. The van der Waals surface area contributed by atoms with Crippen molar-refractivity contribution in [2.24, 2.45) is 0 Å². The van der Waals surface area contributed by atoms with Crippen molar-refractivity contribution in [3.63, 3.8) is 0 Å². The molecule has 0 unspecified atom stereocenters. The van der Waals surface area contributed by atoms with Crippen molar-refractivity contribution in [2.75, 3.05) is 0 Å². The molecule has 0 heterocycles. The molecule has 2 aromatic rings. The molecule has 0 aromatic heterocycles. The van der Waals surface area contributed by atoms with Crippen LogP contribution in [0.4, 0.5) is 0 Å². The number of phenolic OH excluding ortho intramolecular Hbond substituents is 3. The van der Waals surface area contributed by atoms with Crippen LogP contribution in [0.2, 0.25) is 0 Å². The van der Waals surface area contributed by atoms with Crippen molar-refractivity contribution in [3.05, 3.63) is 53.1 Å². The van der Waals surface area contributed by atoms with Gasteiger partial charge in [-0.2, -0.15) is 0 Å². The minimum Gasteiger partial charge on any atom is -0.504 e. The Morgan fingerprint density at radius 3 is 2.17 bits per heavy atom. The molecular formula is C14H12O4. The molecule has 0 amide bonds. The van der Waals surface area contributed by atoms with Crippen LogP contribution in [0.5, 0.6) is 17.2 Å². The van der Waals surface area contributed by atoms with Gasteiger partial charge < -0.3 is 15.3 Å². The van der Waals surface area contributed by atoms with Gasteiger partial charge in [-0.05, 0) is 18.6 Å². The highest BCUT2D eigenvalue weighted by molar-refractivity contribution is 6.11. The summed E-state index contributed by atoms with van der Waals surface area (Å²) >= 11 is 0. The second kappa shape index (κ2) is 4.41. The molecule has 0 saturated carbocycles. The first kappa shape index (κ1) is 12.0. The van der Waals surface area contributed by atoms with Gasteiger partial charge in [0, 0.05) is 5.56 Å². The number of carbonyl (C=O) groups excluding carboxylic acids is 1. The molecule has 3 N–H and O–H groups in total. The van der Waals surface area contributed by atoms with Gasteiger partial charge >= 0.3 is 0 Å². The molecule has 0 aliphatic heterocycles. The van der Waals surface area contributed by atoms with Gasteiger partial charge in [-0.15, -0.1) is 0 Å². The van der Waals surface area contributed by atoms with Gasteiger partial charge in [0.2, 0.25) is 5.75 Å². The molecule has 0 radical (unpaired) electrons. The number of carbonyl (C=O) groups is 1. The largest absolute Gasteiger partial charge is 0.504 e. The minimum atomic E-state index is -0.672. The standard InChI is InChI=1S/C14H12O4/c1-8-7-10(13(17)14(18)11(8)15)12(16)9-5-3-2-4-6-9/h2-7,15,17-18H,1H3. The average Bonchev–Trinajstić information content (AvgIpc) is 2.41. The fourth-order valence-corrected chi connectivity index (χ4v) is 1.70. The van der Waals surface area contributed by atoms with Crippen molar-refractivity contribution in [1.82, 2.24) is 0 Å². The third-order valence-corrected chi connectivity index (χ3v) is 2.72. The fraction of sp³-hybridized carbons (Fsp3) is 0.0714. The molecule has 4 heteroatoms. The Kier molecular flexibility index (Phi) is 2.93. The van der Waals surface area contributed by atoms with E-state index in [0.29, 0.717) is 11.1 Å². The smallest absolute Gasteiger partial charge is 0.201 e. The van der Waals surface area contributed by atoms with Gasteiger partial charge in [-0.1, -0.05) is 30.3 Å².